The van der Waals surface area contributed by atoms with E-state index in [1.165, 1.54) is 4.68 Å². The number of nitro groups is 1. The van der Waals surface area contributed by atoms with Gasteiger partial charge in [-0.2, -0.15) is 5.10 Å². The number of anilines is 2. The minimum atomic E-state index is -0.490. The maximum atomic E-state index is 11.0. The van der Waals surface area contributed by atoms with E-state index in [1.54, 1.807) is 6.92 Å². The summed E-state index contributed by atoms with van der Waals surface area (Å²) >= 11 is 0. The first-order chi connectivity index (χ1) is 9.82. The van der Waals surface area contributed by atoms with Crippen molar-refractivity contribution in [2.24, 2.45) is 0 Å². The van der Waals surface area contributed by atoms with Crippen LogP contribution in [0.3, 0.4) is 0 Å². The van der Waals surface area contributed by atoms with Gasteiger partial charge in [-0.15, -0.1) is 0 Å². The fraction of sp³-hybridized carbons (Fsp3) is 0.357. The van der Waals surface area contributed by atoms with Crippen molar-refractivity contribution in [3.8, 4) is 0 Å². The van der Waals surface area contributed by atoms with Gasteiger partial charge in [0.25, 0.3) is 0 Å². The van der Waals surface area contributed by atoms with Crippen LogP contribution < -0.4 is 10.6 Å². The predicted octanol–water partition coefficient (Wildman–Crippen LogP) is 2.36. The molecule has 0 spiro atoms. The van der Waals surface area contributed by atoms with E-state index in [-0.39, 0.29) is 17.5 Å². The molecule has 112 valence electrons. The molecule has 0 amide bonds. The molecule has 7 nitrogen and oxygen atoms in total. The van der Waals surface area contributed by atoms with Gasteiger partial charge in [-0.1, -0.05) is 12.1 Å². The van der Waals surface area contributed by atoms with Crippen molar-refractivity contribution < 1.29 is 4.92 Å². The highest BCUT2D eigenvalue weighted by atomic mass is 16.6. The average molecular weight is 289 g/mol. The lowest BCUT2D eigenvalue weighted by molar-refractivity contribution is -0.384. The van der Waals surface area contributed by atoms with Crippen molar-refractivity contribution in [3.05, 3.63) is 45.6 Å². The van der Waals surface area contributed by atoms with Crippen LogP contribution in [0.5, 0.6) is 0 Å². The second kappa shape index (κ2) is 5.43. The maximum absolute atomic E-state index is 11.0. The third-order valence-corrected chi connectivity index (χ3v) is 3.53. The fourth-order valence-electron chi connectivity index (χ4n) is 2.27. The van der Waals surface area contributed by atoms with Crippen LogP contribution in [0.25, 0.3) is 0 Å². The van der Waals surface area contributed by atoms with Crippen LogP contribution in [0.15, 0.2) is 24.3 Å². The molecule has 0 aliphatic heterocycles. The molecule has 0 saturated carbocycles. The summed E-state index contributed by atoms with van der Waals surface area (Å²) in [7, 11) is 3.94. The molecule has 0 saturated heterocycles. The normalized spacial score (nSPS) is 12.2. The molecule has 1 aromatic carbocycles. The molecule has 2 aromatic rings. The summed E-state index contributed by atoms with van der Waals surface area (Å²) in [5, 5.41) is 15.2. The summed E-state index contributed by atoms with van der Waals surface area (Å²) in [6.45, 7) is 3.50. The number of rotatable bonds is 4. The first-order valence-electron chi connectivity index (χ1n) is 6.59. The Morgan fingerprint density at radius 2 is 1.90 bits per heavy atom. The summed E-state index contributed by atoms with van der Waals surface area (Å²) in [5.74, 6) is 0.0849. The molecular formula is C14H19N5O2. The molecule has 0 aliphatic rings. The molecule has 1 aromatic heterocycles. The lowest BCUT2D eigenvalue weighted by Crippen LogP contribution is -2.13. The Balaban J connectivity index is 2.38. The number of hydrogen-bond acceptors (Lipinski definition) is 5. The topological polar surface area (TPSA) is 90.2 Å². The Kier molecular flexibility index (Phi) is 3.84. The minimum Gasteiger partial charge on any atom is -0.378 e. The van der Waals surface area contributed by atoms with Crippen molar-refractivity contribution in [2.75, 3.05) is 24.7 Å². The summed E-state index contributed by atoms with van der Waals surface area (Å²) in [6.07, 6.45) is 0. The minimum absolute atomic E-state index is 0.0849. The quantitative estimate of drug-likeness (QED) is 0.689. The Morgan fingerprint density at radius 1 is 1.33 bits per heavy atom. The van der Waals surface area contributed by atoms with Gasteiger partial charge in [-0.05, 0) is 31.5 Å². The number of aryl methyl sites for hydroxylation is 1. The number of hydrogen-bond donors (Lipinski definition) is 1. The molecule has 21 heavy (non-hydrogen) atoms. The Labute approximate surface area is 123 Å². The number of aromatic nitrogens is 2. The van der Waals surface area contributed by atoms with Crippen molar-refractivity contribution in [1.82, 2.24) is 9.78 Å². The zero-order chi connectivity index (χ0) is 15.7. The van der Waals surface area contributed by atoms with Gasteiger partial charge >= 0.3 is 5.69 Å². The standard InChI is InChI=1S/C14H19N5O2/c1-9-13(19(20)21)14(15)18(16-9)10(2)11-5-7-12(8-6-11)17(3)4/h5-8,10H,15H2,1-4H3. The van der Waals surface area contributed by atoms with E-state index < -0.39 is 4.92 Å². The van der Waals surface area contributed by atoms with Crippen molar-refractivity contribution in [2.45, 2.75) is 19.9 Å². The van der Waals surface area contributed by atoms with E-state index in [0.29, 0.717) is 5.69 Å². The summed E-state index contributed by atoms with van der Waals surface area (Å²) in [4.78, 5) is 12.5. The molecule has 1 unspecified atom stereocenters. The highest BCUT2D eigenvalue weighted by Gasteiger charge is 2.25. The van der Waals surface area contributed by atoms with Gasteiger partial charge < -0.3 is 10.6 Å². The molecule has 2 rings (SSSR count). The molecule has 0 radical (unpaired) electrons. The van der Waals surface area contributed by atoms with Crippen molar-refractivity contribution >= 4 is 17.2 Å². The van der Waals surface area contributed by atoms with Gasteiger partial charge in [-0.3, -0.25) is 10.1 Å². The zero-order valence-corrected chi connectivity index (χ0v) is 12.6. The van der Waals surface area contributed by atoms with Crippen LogP contribution in [-0.4, -0.2) is 28.8 Å². The molecule has 0 aliphatic carbocycles. The number of nitrogens with zero attached hydrogens (tertiary/aromatic N) is 4. The van der Waals surface area contributed by atoms with Crippen LogP contribution in [0.2, 0.25) is 0 Å². The first-order valence-corrected chi connectivity index (χ1v) is 6.59. The molecule has 1 heterocycles. The highest BCUT2D eigenvalue weighted by Crippen LogP contribution is 2.30. The Bertz CT molecular complexity index is 661. The van der Waals surface area contributed by atoms with Crippen LogP contribution in [0, 0.1) is 17.0 Å². The van der Waals surface area contributed by atoms with E-state index in [2.05, 4.69) is 5.10 Å². The second-order valence-corrected chi connectivity index (χ2v) is 5.18. The molecule has 0 fully saturated rings. The van der Waals surface area contributed by atoms with Gasteiger partial charge in [-0.25, -0.2) is 4.68 Å². The van der Waals surface area contributed by atoms with Crippen LogP contribution in [0.4, 0.5) is 17.2 Å². The second-order valence-electron chi connectivity index (χ2n) is 5.18. The van der Waals surface area contributed by atoms with Gasteiger partial charge in [0.15, 0.2) is 0 Å². The Hall–Kier alpha value is -2.57. The summed E-state index contributed by atoms with van der Waals surface area (Å²) in [6, 6.07) is 7.76. The van der Waals surface area contributed by atoms with Gasteiger partial charge in [0, 0.05) is 19.8 Å². The molecule has 7 heteroatoms. The molecular weight excluding hydrogens is 270 g/mol. The van der Waals surface area contributed by atoms with Gasteiger partial charge in [0.1, 0.15) is 5.69 Å². The average Bonchev–Trinajstić information content (AvgIpc) is 2.73. The van der Waals surface area contributed by atoms with E-state index in [4.69, 9.17) is 5.73 Å². The van der Waals surface area contributed by atoms with Crippen LogP contribution >= 0.6 is 0 Å². The van der Waals surface area contributed by atoms with E-state index in [0.717, 1.165) is 11.3 Å². The molecule has 2 N–H and O–H groups in total. The van der Waals surface area contributed by atoms with Gasteiger partial charge in [0.2, 0.25) is 5.82 Å². The monoisotopic (exact) mass is 289 g/mol. The molecule has 0 bridgehead atoms. The van der Waals surface area contributed by atoms with Crippen LogP contribution in [0.1, 0.15) is 24.2 Å². The fourth-order valence-corrected chi connectivity index (χ4v) is 2.27. The van der Waals surface area contributed by atoms with Crippen molar-refractivity contribution in [1.29, 1.82) is 0 Å². The van der Waals surface area contributed by atoms with Crippen molar-refractivity contribution in [3.63, 3.8) is 0 Å². The third kappa shape index (κ3) is 2.67. The van der Waals surface area contributed by atoms with E-state index >= 15 is 0 Å². The first kappa shape index (κ1) is 14.8. The van der Waals surface area contributed by atoms with E-state index in [9.17, 15) is 10.1 Å². The van der Waals surface area contributed by atoms with E-state index in [1.807, 2.05) is 50.2 Å². The summed E-state index contributed by atoms with van der Waals surface area (Å²) < 4.78 is 1.50. The lowest BCUT2D eigenvalue weighted by atomic mass is 10.1. The predicted molar refractivity (Wildman–Crippen MR) is 82.6 cm³/mol. The smallest absolute Gasteiger partial charge is 0.333 e. The molecule has 1 atom stereocenters. The maximum Gasteiger partial charge on any atom is 0.333 e. The number of benzene rings is 1. The Morgan fingerprint density at radius 3 is 2.33 bits per heavy atom. The summed E-state index contributed by atoms with van der Waals surface area (Å²) in [5.41, 5.74) is 8.16. The third-order valence-electron chi connectivity index (χ3n) is 3.53. The van der Waals surface area contributed by atoms with Gasteiger partial charge in [0.05, 0.1) is 11.0 Å². The number of nitrogen functional groups attached to an aromatic ring is 1. The lowest BCUT2D eigenvalue weighted by Gasteiger charge is -2.16. The SMILES string of the molecule is Cc1nn(C(C)c2ccc(N(C)C)cc2)c(N)c1[N+](=O)[O-]. The number of nitrogens with two attached hydrogens (primary N) is 1. The zero-order valence-electron chi connectivity index (χ0n) is 12.6. The largest absolute Gasteiger partial charge is 0.378 e. The van der Waals surface area contributed by atoms with Crippen LogP contribution in [-0.2, 0) is 0 Å². The highest BCUT2D eigenvalue weighted by molar-refractivity contribution is 5.57.